The summed E-state index contributed by atoms with van der Waals surface area (Å²) >= 11 is 0. The summed E-state index contributed by atoms with van der Waals surface area (Å²) in [5.41, 5.74) is 2.60. The summed E-state index contributed by atoms with van der Waals surface area (Å²) in [6, 6.07) is 16.5. The van der Waals surface area contributed by atoms with Gasteiger partial charge in [-0.3, -0.25) is 0 Å². The van der Waals surface area contributed by atoms with Crippen LogP contribution >= 0.6 is 0 Å². The summed E-state index contributed by atoms with van der Waals surface area (Å²) < 4.78 is 5.10. The number of benzene rings is 2. The van der Waals surface area contributed by atoms with Crippen LogP contribution in [0.3, 0.4) is 0 Å². The molecule has 0 aromatic heterocycles. The second kappa shape index (κ2) is 9.60. The molecule has 4 heteroatoms. The average molecular weight is 354 g/mol. The number of hydrogen-bond donors (Lipinski definition) is 1. The molecule has 2 aromatic carbocycles. The standard InChI is InChI=1S/C22H30N2O2/c1-26-22-10-9-20(18-21(22)25)11-13-24-16-14-23(15-17-24)12-5-8-19-6-3-2-4-7-19/h2-4,6-7,9-10,18,25H,5,8,11-17H2,1H3. The van der Waals surface area contributed by atoms with Gasteiger partial charge in [-0.25, -0.2) is 0 Å². The summed E-state index contributed by atoms with van der Waals surface area (Å²) in [7, 11) is 1.58. The van der Waals surface area contributed by atoms with Crippen LogP contribution < -0.4 is 4.74 Å². The third-order valence-electron chi connectivity index (χ3n) is 5.21. The Bertz CT molecular complexity index is 667. The first-order valence-electron chi connectivity index (χ1n) is 9.59. The number of nitrogens with zero attached hydrogens (tertiary/aromatic N) is 2. The number of ether oxygens (including phenoxy) is 1. The maximum atomic E-state index is 9.88. The third-order valence-corrected chi connectivity index (χ3v) is 5.21. The van der Waals surface area contributed by atoms with Gasteiger partial charge < -0.3 is 19.6 Å². The zero-order chi connectivity index (χ0) is 18.2. The van der Waals surface area contributed by atoms with Crippen LogP contribution in [0.5, 0.6) is 11.5 Å². The predicted molar refractivity (Wildman–Crippen MR) is 106 cm³/mol. The molecule has 2 aromatic rings. The van der Waals surface area contributed by atoms with Crippen LogP contribution in [0, 0.1) is 0 Å². The lowest BCUT2D eigenvalue weighted by atomic mass is 10.1. The molecule has 0 saturated carbocycles. The molecule has 0 atom stereocenters. The Kier molecular flexibility index (Phi) is 6.92. The van der Waals surface area contributed by atoms with Crippen LogP contribution in [-0.2, 0) is 12.8 Å². The molecule has 1 aliphatic heterocycles. The number of aryl methyl sites for hydroxylation is 1. The largest absolute Gasteiger partial charge is 0.504 e. The highest BCUT2D eigenvalue weighted by atomic mass is 16.5. The molecule has 1 fully saturated rings. The Morgan fingerprint density at radius 2 is 1.54 bits per heavy atom. The first kappa shape index (κ1) is 18.7. The first-order chi connectivity index (χ1) is 12.7. The quantitative estimate of drug-likeness (QED) is 0.790. The Labute approximate surface area is 157 Å². The van der Waals surface area contributed by atoms with E-state index >= 15 is 0 Å². The fourth-order valence-electron chi connectivity index (χ4n) is 3.57. The second-order valence-corrected chi connectivity index (χ2v) is 7.03. The number of rotatable bonds is 8. The molecule has 140 valence electrons. The van der Waals surface area contributed by atoms with Gasteiger partial charge in [0.15, 0.2) is 11.5 Å². The minimum atomic E-state index is 0.230. The summed E-state index contributed by atoms with van der Waals surface area (Å²) in [5.74, 6) is 0.770. The Morgan fingerprint density at radius 1 is 0.846 bits per heavy atom. The van der Waals surface area contributed by atoms with Crippen molar-refractivity contribution in [2.75, 3.05) is 46.4 Å². The van der Waals surface area contributed by atoms with E-state index in [1.54, 1.807) is 7.11 Å². The number of phenols is 1. The van der Waals surface area contributed by atoms with Gasteiger partial charge >= 0.3 is 0 Å². The van der Waals surface area contributed by atoms with Crippen molar-refractivity contribution < 1.29 is 9.84 Å². The van der Waals surface area contributed by atoms with Gasteiger partial charge in [-0.15, -0.1) is 0 Å². The van der Waals surface area contributed by atoms with Crippen molar-refractivity contribution >= 4 is 0 Å². The molecule has 0 aliphatic carbocycles. The molecule has 0 radical (unpaired) electrons. The molecule has 3 rings (SSSR count). The molecule has 0 bridgehead atoms. The van der Waals surface area contributed by atoms with Gasteiger partial charge in [-0.1, -0.05) is 36.4 Å². The van der Waals surface area contributed by atoms with E-state index in [-0.39, 0.29) is 5.75 Å². The van der Waals surface area contributed by atoms with E-state index in [9.17, 15) is 5.11 Å². The maximum Gasteiger partial charge on any atom is 0.160 e. The molecule has 26 heavy (non-hydrogen) atoms. The Morgan fingerprint density at radius 3 is 2.19 bits per heavy atom. The fraction of sp³-hybridized carbons (Fsp3) is 0.455. The summed E-state index contributed by atoms with van der Waals surface area (Å²) in [4.78, 5) is 5.10. The molecule has 0 spiro atoms. The van der Waals surface area contributed by atoms with Crippen LogP contribution in [0.15, 0.2) is 48.5 Å². The maximum absolute atomic E-state index is 9.88. The van der Waals surface area contributed by atoms with Gasteiger partial charge in [0.1, 0.15) is 0 Å². The Hall–Kier alpha value is -2.04. The minimum Gasteiger partial charge on any atom is -0.504 e. The number of methoxy groups -OCH3 is 1. The number of piperazine rings is 1. The predicted octanol–water partition coefficient (Wildman–Crippen LogP) is 3.19. The van der Waals surface area contributed by atoms with Crippen molar-refractivity contribution in [3.8, 4) is 11.5 Å². The highest BCUT2D eigenvalue weighted by Crippen LogP contribution is 2.26. The van der Waals surface area contributed by atoms with E-state index in [0.717, 1.165) is 44.7 Å². The third kappa shape index (κ3) is 5.48. The second-order valence-electron chi connectivity index (χ2n) is 7.03. The minimum absolute atomic E-state index is 0.230. The molecule has 1 heterocycles. The number of aromatic hydroxyl groups is 1. The van der Waals surface area contributed by atoms with Crippen molar-refractivity contribution in [1.82, 2.24) is 9.80 Å². The molecule has 1 N–H and O–H groups in total. The molecule has 4 nitrogen and oxygen atoms in total. The van der Waals surface area contributed by atoms with E-state index in [0.29, 0.717) is 5.75 Å². The van der Waals surface area contributed by atoms with E-state index in [2.05, 4.69) is 40.1 Å². The van der Waals surface area contributed by atoms with Crippen molar-refractivity contribution in [1.29, 1.82) is 0 Å². The molecule has 0 amide bonds. The summed E-state index contributed by atoms with van der Waals surface area (Å²) in [6.45, 7) is 6.81. The molecular formula is C22H30N2O2. The van der Waals surface area contributed by atoms with Crippen molar-refractivity contribution in [2.45, 2.75) is 19.3 Å². The van der Waals surface area contributed by atoms with E-state index in [4.69, 9.17) is 4.74 Å². The molecule has 1 aliphatic rings. The molecule has 1 saturated heterocycles. The average Bonchev–Trinajstić information content (AvgIpc) is 2.68. The number of phenolic OH excluding ortho intramolecular Hbond substituents is 1. The van der Waals surface area contributed by atoms with Crippen LogP contribution in [0.2, 0.25) is 0 Å². The smallest absolute Gasteiger partial charge is 0.160 e. The van der Waals surface area contributed by atoms with Gasteiger partial charge in [0.25, 0.3) is 0 Å². The van der Waals surface area contributed by atoms with Gasteiger partial charge in [0, 0.05) is 32.7 Å². The molecular weight excluding hydrogens is 324 g/mol. The van der Waals surface area contributed by atoms with Gasteiger partial charge in [-0.2, -0.15) is 0 Å². The van der Waals surface area contributed by atoms with Gasteiger partial charge in [0.2, 0.25) is 0 Å². The number of hydrogen-bond acceptors (Lipinski definition) is 4. The van der Waals surface area contributed by atoms with Crippen molar-refractivity contribution in [3.05, 3.63) is 59.7 Å². The lowest BCUT2D eigenvalue weighted by Gasteiger charge is -2.34. The zero-order valence-electron chi connectivity index (χ0n) is 15.7. The lowest BCUT2D eigenvalue weighted by molar-refractivity contribution is 0.132. The summed E-state index contributed by atoms with van der Waals surface area (Å²) in [6.07, 6.45) is 3.36. The van der Waals surface area contributed by atoms with E-state index < -0.39 is 0 Å². The monoisotopic (exact) mass is 354 g/mol. The lowest BCUT2D eigenvalue weighted by Crippen LogP contribution is -2.47. The SMILES string of the molecule is COc1ccc(CCN2CCN(CCCc3ccccc3)CC2)cc1O. The Balaban J connectivity index is 1.34. The highest BCUT2D eigenvalue weighted by Gasteiger charge is 2.16. The first-order valence-corrected chi connectivity index (χ1v) is 9.59. The van der Waals surface area contributed by atoms with E-state index in [1.165, 1.54) is 24.9 Å². The van der Waals surface area contributed by atoms with Gasteiger partial charge in [-0.05, 0) is 49.1 Å². The van der Waals surface area contributed by atoms with E-state index in [1.807, 2.05) is 18.2 Å². The topological polar surface area (TPSA) is 35.9 Å². The summed E-state index contributed by atoms with van der Waals surface area (Å²) in [5, 5.41) is 9.88. The normalized spacial score (nSPS) is 15.9. The van der Waals surface area contributed by atoms with Crippen molar-refractivity contribution in [3.63, 3.8) is 0 Å². The van der Waals surface area contributed by atoms with Crippen LogP contribution in [0.1, 0.15) is 17.5 Å². The van der Waals surface area contributed by atoms with Crippen LogP contribution in [0.4, 0.5) is 0 Å². The van der Waals surface area contributed by atoms with Crippen LogP contribution in [0.25, 0.3) is 0 Å². The highest BCUT2D eigenvalue weighted by molar-refractivity contribution is 5.41. The van der Waals surface area contributed by atoms with Crippen LogP contribution in [-0.4, -0.2) is 61.3 Å². The fourth-order valence-corrected chi connectivity index (χ4v) is 3.57. The van der Waals surface area contributed by atoms with Gasteiger partial charge in [0.05, 0.1) is 7.11 Å². The van der Waals surface area contributed by atoms with Crippen molar-refractivity contribution in [2.24, 2.45) is 0 Å². The zero-order valence-corrected chi connectivity index (χ0v) is 15.7. The molecule has 0 unspecified atom stereocenters.